The number of nitrogens with zero attached hydrogens (tertiary/aromatic N) is 2. The summed E-state index contributed by atoms with van der Waals surface area (Å²) in [6.07, 6.45) is 1.48. The van der Waals surface area contributed by atoms with Gasteiger partial charge in [-0.05, 0) is 25.5 Å². The van der Waals surface area contributed by atoms with E-state index in [1.54, 1.807) is 0 Å². The van der Waals surface area contributed by atoms with Gasteiger partial charge in [0.25, 0.3) is 5.56 Å². The summed E-state index contributed by atoms with van der Waals surface area (Å²) >= 11 is 1.50. The summed E-state index contributed by atoms with van der Waals surface area (Å²) in [5.74, 6) is -0.110. The highest BCUT2D eigenvalue weighted by molar-refractivity contribution is 7.19. The number of benzene rings is 2. The molecule has 0 radical (unpaired) electrons. The molecule has 0 bridgehead atoms. The number of nitrogens with one attached hydrogen (secondary N) is 1. The molecule has 0 atom stereocenters. The van der Waals surface area contributed by atoms with Gasteiger partial charge in [0, 0.05) is 32.6 Å². The number of aromatic nitrogens is 3. The Bertz CT molecular complexity index is 1480. The fourth-order valence-electron chi connectivity index (χ4n) is 4.07. The maximum absolute atomic E-state index is 13.4. The van der Waals surface area contributed by atoms with Crippen molar-refractivity contribution in [3.8, 4) is 11.1 Å². The molecule has 0 saturated carbocycles. The molecule has 0 aliphatic carbocycles. The average molecular weight is 414 g/mol. The maximum Gasteiger partial charge on any atom is 0.263 e. The Morgan fingerprint density at radius 3 is 2.60 bits per heavy atom. The molecule has 3 heterocycles. The van der Waals surface area contributed by atoms with Crippen LogP contribution in [0.3, 0.4) is 0 Å². The van der Waals surface area contributed by atoms with E-state index < -0.39 is 0 Å². The molecule has 0 aliphatic rings. The molecule has 0 aliphatic heterocycles. The van der Waals surface area contributed by atoms with Gasteiger partial charge in [0.1, 0.15) is 4.83 Å². The number of Topliss-reactive ketones (excluding diaryl/α,β-unsaturated/α-hetero) is 1. The molecule has 1 N–H and O–H groups in total. The van der Waals surface area contributed by atoms with E-state index in [0.29, 0.717) is 15.8 Å². The van der Waals surface area contributed by atoms with Crippen molar-refractivity contribution in [3.63, 3.8) is 0 Å². The molecule has 0 fully saturated rings. The van der Waals surface area contributed by atoms with Gasteiger partial charge in [0.15, 0.2) is 5.78 Å². The number of hydrogen-bond acceptors (Lipinski definition) is 4. The predicted octanol–water partition coefficient (Wildman–Crippen LogP) is 5.11. The van der Waals surface area contributed by atoms with E-state index in [4.69, 9.17) is 0 Å². The standard InChI is InChI=1S/C24H19N3O2S/c1-14-20(17-10-6-7-11-18(17)26-14)19(28)12-27-13-25-23-22(24(27)29)21(15(2)30-23)16-8-4-3-5-9-16/h3-11,13,26H,12H2,1-2H3. The summed E-state index contributed by atoms with van der Waals surface area (Å²) < 4.78 is 1.42. The normalized spacial score (nSPS) is 11.4. The number of ketones is 1. The Morgan fingerprint density at radius 1 is 1.07 bits per heavy atom. The van der Waals surface area contributed by atoms with Gasteiger partial charge in [0.2, 0.25) is 0 Å². The van der Waals surface area contributed by atoms with Crippen LogP contribution in [0, 0.1) is 13.8 Å². The fraction of sp³-hybridized carbons (Fsp3) is 0.125. The zero-order valence-electron chi connectivity index (χ0n) is 16.6. The van der Waals surface area contributed by atoms with E-state index in [0.717, 1.165) is 32.6 Å². The van der Waals surface area contributed by atoms with E-state index in [2.05, 4.69) is 9.97 Å². The van der Waals surface area contributed by atoms with Crippen molar-refractivity contribution < 1.29 is 4.79 Å². The van der Waals surface area contributed by atoms with Crippen LogP contribution in [0.2, 0.25) is 0 Å². The summed E-state index contributed by atoms with van der Waals surface area (Å²) in [5, 5.41) is 1.45. The van der Waals surface area contributed by atoms with E-state index in [9.17, 15) is 9.59 Å². The van der Waals surface area contributed by atoms with E-state index in [-0.39, 0.29) is 17.9 Å². The number of fused-ring (bicyclic) bond motifs is 2. The van der Waals surface area contributed by atoms with Crippen molar-refractivity contribution in [2.24, 2.45) is 0 Å². The molecule has 0 unspecified atom stereocenters. The van der Waals surface area contributed by atoms with Crippen LogP contribution >= 0.6 is 11.3 Å². The maximum atomic E-state index is 13.4. The van der Waals surface area contributed by atoms with Crippen LogP contribution in [0.15, 0.2) is 65.7 Å². The second kappa shape index (κ2) is 7.07. The number of aryl methyl sites for hydroxylation is 2. The van der Waals surface area contributed by atoms with Crippen LogP contribution < -0.4 is 5.56 Å². The number of para-hydroxylation sites is 1. The minimum Gasteiger partial charge on any atom is -0.358 e. The first-order valence-electron chi connectivity index (χ1n) is 9.69. The molecule has 0 amide bonds. The molecule has 2 aromatic carbocycles. The van der Waals surface area contributed by atoms with Gasteiger partial charge in [-0.25, -0.2) is 4.98 Å². The highest BCUT2D eigenvalue weighted by Crippen LogP contribution is 2.35. The molecular formula is C24H19N3O2S. The monoisotopic (exact) mass is 413 g/mol. The summed E-state index contributed by atoms with van der Waals surface area (Å²) in [6, 6.07) is 17.5. The molecule has 3 aromatic heterocycles. The minimum atomic E-state index is -0.186. The quantitative estimate of drug-likeness (QED) is 0.417. The SMILES string of the molecule is Cc1[nH]c2ccccc2c1C(=O)Cn1cnc2sc(C)c(-c3ccccc3)c2c1=O. The van der Waals surface area contributed by atoms with Gasteiger partial charge >= 0.3 is 0 Å². The number of thiophene rings is 1. The first-order chi connectivity index (χ1) is 14.5. The Morgan fingerprint density at radius 2 is 1.80 bits per heavy atom. The Hall–Kier alpha value is -3.51. The molecule has 30 heavy (non-hydrogen) atoms. The summed E-state index contributed by atoms with van der Waals surface area (Å²) in [7, 11) is 0. The largest absolute Gasteiger partial charge is 0.358 e. The Balaban J connectivity index is 1.62. The van der Waals surface area contributed by atoms with Gasteiger partial charge in [0.05, 0.1) is 18.3 Å². The predicted molar refractivity (Wildman–Crippen MR) is 121 cm³/mol. The number of hydrogen-bond donors (Lipinski definition) is 1. The molecular weight excluding hydrogens is 394 g/mol. The van der Waals surface area contributed by atoms with Crippen LogP contribution in [-0.4, -0.2) is 20.3 Å². The van der Waals surface area contributed by atoms with Gasteiger partial charge in [-0.2, -0.15) is 0 Å². The molecule has 5 rings (SSSR count). The second-order valence-corrected chi connectivity index (χ2v) is 8.55. The summed E-state index contributed by atoms with van der Waals surface area (Å²) in [6.45, 7) is 3.83. The highest BCUT2D eigenvalue weighted by Gasteiger charge is 2.20. The lowest BCUT2D eigenvalue weighted by Gasteiger charge is -2.07. The van der Waals surface area contributed by atoms with Gasteiger partial charge in [-0.1, -0.05) is 48.5 Å². The number of rotatable bonds is 4. The lowest BCUT2D eigenvalue weighted by atomic mass is 10.0. The van der Waals surface area contributed by atoms with Gasteiger partial charge in [-0.15, -0.1) is 11.3 Å². The Labute approximate surface area is 176 Å². The number of carbonyl (C=O) groups excluding carboxylic acids is 1. The van der Waals surface area contributed by atoms with Crippen molar-refractivity contribution in [2.75, 3.05) is 0 Å². The summed E-state index contributed by atoms with van der Waals surface area (Å²) in [5.41, 5.74) is 4.05. The van der Waals surface area contributed by atoms with Crippen molar-refractivity contribution in [2.45, 2.75) is 20.4 Å². The third-order valence-corrected chi connectivity index (χ3v) is 6.42. The van der Waals surface area contributed by atoms with Crippen LogP contribution in [0.25, 0.3) is 32.2 Å². The van der Waals surface area contributed by atoms with E-state index in [1.165, 1.54) is 22.2 Å². The minimum absolute atomic E-state index is 0.0480. The molecule has 0 saturated heterocycles. The van der Waals surface area contributed by atoms with E-state index in [1.807, 2.05) is 68.4 Å². The fourth-order valence-corrected chi connectivity index (χ4v) is 5.08. The van der Waals surface area contributed by atoms with Crippen LogP contribution in [0.4, 0.5) is 0 Å². The molecule has 6 heteroatoms. The highest BCUT2D eigenvalue weighted by atomic mass is 32.1. The lowest BCUT2D eigenvalue weighted by Crippen LogP contribution is -2.24. The number of aromatic amines is 1. The van der Waals surface area contributed by atoms with Crippen LogP contribution in [0.1, 0.15) is 20.9 Å². The molecule has 0 spiro atoms. The van der Waals surface area contributed by atoms with Gasteiger partial charge in [-0.3, -0.25) is 14.2 Å². The third kappa shape index (κ3) is 2.88. The molecule has 5 nitrogen and oxygen atoms in total. The molecule has 5 aromatic rings. The van der Waals surface area contributed by atoms with Crippen molar-refractivity contribution in [3.05, 3.63) is 87.4 Å². The Kier molecular flexibility index (Phi) is 4.37. The number of H-pyrrole nitrogens is 1. The first-order valence-corrected chi connectivity index (χ1v) is 10.5. The zero-order chi connectivity index (χ0) is 20.8. The topological polar surface area (TPSA) is 67.8 Å². The smallest absolute Gasteiger partial charge is 0.263 e. The third-order valence-electron chi connectivity index (χ3n) is 5.40. The van der Waals surface area contributed by atoms with Crippen molar-refractivity contribution >= 4 is 38.2 Å². The molecule has 148 valence electrons. The zero-order valence-corrected chi connectivity index (χ0v) is 17.4. The van der Waals surface area contributed by atoms with E-state index >= 15 is 0 Å². The average Bonchev–Trinajstić information content (AvgIpc) is 3.26. The van der Waals surface area contributed by atoms with Crippen LogP contribution in [-0.2, 0) is 6.54 Å². The van der Waals surface area contributed by atoms with Gasteiger partial charge < -0.3 is 4.98 Å². The second-order valence-electron chi connectivity index (χ2n) is 7.35. The summed E-state index contributed by atoms with van der Waals surface area (Å²) in [4.78, 5) is 36.0. The number of carbonyl (C=O) groups is 1. The lowest BCUT2D eigenvalue weighted by molar-refractivity contribution is 0.0971. The van der Waals surface area contributed by atoms with Crippen molar-refractivity contribution in [1.82, 2.24) is 14.5 Å². The van der Waals surface area contributed by atoms with Crippen molar-refractivity contribution in [1.29, 1.82) is 0 Å². The van der Waals surface area contributed by atoms with Crippen LogP contribution in [0.5, 0.6) is 0 Å². The first kappa shape index (κ1) is 18.5.